The van der Waals surface area contributed by atoms with E-state index in [2.05, 4.69) is 40.8 Å². The fourth-order valence-electron chi connectivity index (χ4n) is 4.03. The van der Waals surface area contributed by atoms with Crippen molar-refractivity contribution in [1.82, 2.24) is 28.6 Å². The largest absolute Gasteiger partial charge is 0.361 e. The minimum absolute atomic E-state index is 0.0412. The molecule has 1 aliphatic heterocycles. The molecule has 182 valence electrons. The van der Waals surface area contributed by atoms with Crippen LogP contribution in [-0.2, 0) is 27.0 Å². The van der Waals surface area contributed by atoms with Crippen LogP contribution in [0.3, 0.4) is 0 Å². The van der Waals surface area contributed by atoms with Gasteiger partial charge in [0, 0.05) is 51.3 Å². The zero-order chi connectivity index (χ0) is 24.6. The van der Waals surface area contributed by atoms with Crippen molar-refractivity contribution in [2.24, 2.45) is 0 Å². The van der Waals surface area contributed by atoms with Gasteiger partial charge in [-0.1, -0.05) is 19.6 Å². The molecular formula is C22H31N7O3SSi. The number of hydrogen-bond acceptors (Lipinski definition) is 7. The molecule has 0 unspecified atom stereocenters. The molecule has 4 rings (SSSR count). The average Bonchev–Trinajstić information content (AvgIpc) is 3.40. The number of imidazole rings is 1. The van der Waals surface area contributed by atoms with Gasteiger partial charge in [0.15, 0.2) is 5.65 Å². The molecular weight excluding hydrogens is 470 g/mol. The SMILES string of the molecule is CCS(=O)(=O)N1CC(CC#N)(n2cc(-c3ccnc4c3ncn4COCC[Si](C)(C)C)cn2)C1. The lowest BCUT2D eigenvalue weighted by atomic mass is 9.89. The summed E-state index contributed by atoms with van der Waals surface area (Å²) in [7, 11) is -4.45. The molecule has 0 atom stereocenters. The number of pyridine rings is 1. The third kappa shape index (κ3) is 4.79. The van der Waals surface area contributed by atoms with Crippen LogP contribution >= 0.6 is 0 Å². The van der Waals surface area contributed by atoms with E-state index in [1.807, 2.05) is 16.8 Å². The van der Waals surface area contributed by atoms with Gasteiger partial charge in [0.05, 0.1) is 30.8 Å². The molecule has 0 aromatic carbocycles. The van der Waals surface area contributed by atoms with Gasteiger partial charge in [0.1, 0.15) is 17.8 Å². The Bertz CT molecular complexity index is 1310. The van der Waals surface area contributed by atoms with E-state index in [0.29, 0.717) is 13.3 Å². The summed E-state index contributed by atoms with van der Waals surface area (Å²) >= 11 is 0. The van der Waals surface area contributed by atoms with Crippen LogP contribution in [0.25, 0.3) is 22.3 Å². The number of sulfonamides is 1. The van der Waals surface area contributed by atoms with Gasteiger partial charge in [0.25, 0.3) is 0 Å². The van der Waals surface area contributed by atoms with Crippen LogP contribution in [0, 0.1) is 11.3 Å². The van der Waals surface area contributed by atoms with Gasteiger partial charge in [-0.2, -0.15) is 14.7 Å². The number of rotatable bonds is 10. The first kappa shape index (κ1) is 24.5. The number of hydrogen-bond donors (Lipinski definition) is 0. The maximum absolute atomic E-state index is 12.2. The van der Waals surface area contributed by atoms with Crippen LogP contribution in [-0.4, -0.2) is 70.6 Å². The summed E-state index contributed by atoms with van der Waals surface area (Å²) < 4.78 is 35.3. The molecule has 1 fully saturated rings. The molecule has 1 saturated heterocycles. The minimum Gasteiger partial charge on any atom is -0.361 e. The molecule has 0 aliphatic carbocycles. The van der Waals surface area contributed by atoms with Crippen molar-refractivity contribution in [3.63, 3.8) is 0 Å². The Labute approximate surface area is 201 Å². The second-order valence-corrected chi connectivity index (χ2v) is 17.9. The molecule has 0 amide bonds. The fraction of sp³-hybridized carbons (Fsp3) is 0.545. The minimum atomic E-state index is -3.30. The lowest BCUT2D eigenvalue weighted by Crippen LogP contribution is -2.64. The number of nitriles is 1. The highest BCUT2D eigenvalue weighted by atomic mass is 32.2. The van der Waals surface area contributed by atoms with E-state index < -0.39 is 23.6 Å². The molecule has 0 radical (unpaired) electrons. The summed E-state index contributed by atoms with van der Waals surface area (Å²) in [6, 6.07) is 5.18. The molecule has 0 saturated carbocycles. The fourth-order valence-corrected chi connectivity index (χ4v) is 6.02. The van der Waals surface area contributed by atoms with E-state index in [0.717, 1.165) is 28.3 Å². The Kier molecular flexibility index (Phi) is 6.65. The van der Waals surface area contributed by atoms with E-state index >= 15 is 0 Å². The second-order valence-electron chi connectivity index (χ2n) is 9.99. The summed E-state index contributed by atoms with van der Waals surface area (Å²) in [5.41, 5.74) is 2.53. The molecule has 12 heteroatoms. The van der Waals surface area contributed by atoms with Crippen molar-refractivity contribution in [1.29, 1.82) is 5.26 Å². The van der Waals surface area contributed by atoms with E-state index in [1.165, 1.54) is 4.31 Å². The first-order valence-corrected chi connectivity index (χ1v) is 16.7. The van der Waals surface area contributed by atoms with E-state index in [4.69, 9.17) is 4.74 Å². The molecule has 1 aliphatic rings. The Balaban J connectivity index is 1.55. The summed E-state index contributed by atoms with van der Waals surface area (Å²) in [6.07, 6.45) is 7.24. The summed E-state index contributed by atoms with van der Waals surface area (Å²) in [5.74, 6) is 0.0412. The van der Waals surface area contributed by atoms with Crippen LogP contribution < -0.4 is 0 Å². The highest BCUT2D eigenvalue weighted by Gasteiger charge is 2.49. The molecule has 10 nitrogen and oxygen atoms in total. The molecule has 0 spiro atoms. The van der Waals surface area contributed by atoms with Crippen molar-refractivity contribution >= 4 is 29.3 Å². The molecule has 3 aromatic heterocycles. The standard InChI is InChI=1S/C22H31N7O3SSi/c1-5-33(30,31)28-14-22(15-28,7-8-23)29-13-18(12-26-29)19-6-9-24-21-20(19)25-16-27(21)17-32-10-11-34(2,3)4/h6,9,12-13,16H,5,7,10-11,14-15,17H2,1-4H3. The van der Waals surface area contributed by atoms with Crippen molar-refractivity contribution in [3.8, 4) is 17.2 Å². The van der Waals surface area contributed by atoms with E-state index in [9.17, 15) is 13.7 Å². The second kappa shape index (κ2) is 9.22. The molecule has 0 bridgehead atoms. The van der Waals surface area contributed by atoms with Gasteiger partial charge in [-0.25, -0.2) is 18.4 Å². The van der Waals surface area contributed by atoms with E-state index in [1.54, 1.807) is 30.3 Å². The molecule has 34 heavy (non-hydrogen) atoms. The number of nitrogens with zero attached hydrogens (tertiary/aromatic N) is 7. The lowest BCUT2D eigenvalue weighted by molar-refractivity contribution is 0.0719. The van der Waals surface area contributed by atoms with Gasteiger partial charge in [-0.05, 0) is 19.0 Å². The summed E-state index contributed by atoms with van der Waals surface area (Å²) in [5, 5.41) is 13.9. The Morgan fingerprint density at radius 2 is 2.03 bits per heavy atom. The Hall–Kier alpha value is -2.59. The van der Waals surface area contributed by atoms with E-state index in [-0.39, 0.29) is 25.3 Å². The van der Waals surface area contributed by atoms with Crippen LogP contribution in [0.1, 0.15) is 13.3 Å². The van der Waals surface area contributed by atoms with Crippen LogP contribution in [0.2, 0.25) is 25.7 Å². The maximum Gasteiger partial charge on any atom is 0.213 e. The lowest BCUT2D eigenvalue weighted by Gasteiger charge is -2.47. The highest BCUT2D eigenvalue weighted by molar-refractivity contribution is 7.89. The molecule has 0 N–H and O–H groups in total. The topological polar surface area (TPSA) is 119 Å². The van der Waals surface area contributed by atoms with Gasteiger partial charge in [-0.15, -0.1) is 0 Å². The third-order valence-corrected chi connectivity index (χ3v) is 9.70. The van der Waals surface area contributed by atoms with Crippen LogP contribution in [0.5, 0.6) is 0 Å². The van der Waals surface area contributed by atoms with Crippen molar-refractivity contribution in [2.75, 3.05) is 25.4 Å². The predicted molar refractivity (Wildman–Crippen MR) is 132 cm³/mol. The summed E-state index contributed by atoms with van der Waals surface area (Å²) in [4.78, 5) is 9.07. The van der Waals surface area contributed by atoms with Gasteiger partial charge in [0.2, 0.25) is 10.0 Å². The van der Waals surface area contributed by atoms with Crippen molar-refractivity contribution < 1.29 is 13.2 Å². The first-order valence-electron chi connectivity index (χ1n) is 11.4. The molecule has 3 aromatic rings. The zero-order valence-electron chi connectivity index (χ0n) is 20.1. The zero-order valence-corrected chi connectivity index (χ0v) is 21.9. The first-order chi connectivity index (χ1) is 16.1. The smallest absolute Gasteiger partial charge is 0.213 e. The number of fused-ring (bicyclic) bond motifs is 1. The Morgan fingerprint density at radius 1 is 1.26 bits per heavy atom. The number of aromatic nitrogens is 5. The Morgan fingerprint density at radius 3 is 2.71 bits per heavy atom. The monoisotopic (exact) mass is 501 g/mol. The van der Waals surface area contributed by atoms with Gasteiger partial charge in [-0.3, -0.25) is 9.25 Å². The third-order valence-electron chi connectivity index (χ3n) is 6.22. The van der Waals surface area contributed by atoms with Crippen LogP contribution in [0.15, 0.2) is 31.0 Å². The van der Waals surface area contributed by atoms with Gasteiger partial charge < -0.3 is 4.74 Å². The highest BCUT2D eigenvalue weighted by Crippen LogP contribution is 2.36. The van der Waals surface area contributed by atoms with Crippen molar-refractivity contribution in [2.45, 2.75) is 51.3 Å². The van der Waals surface area contributed by atoms with Gasteiger partial charge >= 0.3 is 0 Å². The summed E-state index contributed by atoms with van der Waals surface area (Å²) in [6.45, 7) is 10.2. The quantitative estimate of drug-likeness (QED) is 0.309. The normalized spacial score (nSPS) is 16.4. The predicted octanol–water partition coefficient (Wildman–Crippen LogP) is 2.88. The maximum atomic E-state index is 12.2. The molecule has 4 heterocycles. The van der Waals surface area contributed by atoms with Crippen LogP contribution in [0.4, 0.5) is 0 Å². The number of ether oxygens (including phenoxy) is 1. The van der Waals surface area contributed by atoms with Crippen molar-refractivity contribution in [3.05, 3.63) is 31.0 Å². The average molecular weight is 502 g/mol.